The third-order valence-electron chi connectivity index (χ3n) is 3.01. The van der Waals surface area contributed by atoms with Gasteiger partial charge < -0.3 is 19.5 Å². The zero-order valence-electron chi connectivity index (χ0n) is 15.6. The molecule has 0 saturated carbocycles. The Labute approximate surface area is 147 Å². The fraction of sp³-hybridized carbons (Fsp3) is 0.647. The smallest absolute Gasteiger partial charge is 0.407 e. The molecule has 0 fully saturated rings. The summed E-state index contributed by atoms with van der Waals surface area (Å²) in [5, 5.41) is 2.45. The second-order valence-electron chi connectivity index (χ2n) is 6.77. The van der Waals surface area contributed by atoms with Crippen molar-refractivity contribution in [3.63, 3.8) is 0 Å². The number of Topliss-reactive ketones (excluding diaryl/α,β-unsaturated/α-hetero) is 1. The molecule has 1 atom stereocenters. The average Bonchev–Trinajstić information content (AvgIpc) is 2.47. The number of rotatable bonds is 9. The normalized spacial score (nSPS) is 14.1. The molecule has 0 saturated heterocycles. The predicted molar refractivity (Wildman–Crippen MR) is 89.8 cm³/mol. The van der Waals surface area contributed by atoms with Crippen LogP contribution < -0.4 is 5.32 Å². The molecule has 0 aliphatic heterocycles. The summed E-state index contributed by atoms with van der Waals surface area (Å²) in [6.45, 7) is 9.51. The quantitative estimate of drug-likeness (QED) is 0.220. The molecular weight excluding hydrogens is 330 g/mol. The van der Waals surface area contributed by atoms with E-state index in [0.717, 1.165) is 0 Å². The number of alkyl carbamates (subject to hydrolysis) is 1. The topological polar surface area (TPSA) is 108 Å². The molecule has 0 aromatic rings. The van der Waals surface area contributed by atoms with E-state index in [0.29, 0.717) is 5.57 Å². The summed E-state index contributed by atoms with van der Waals surface area (Å²) in [5.41, 5.74) is -1.58. The van der Waals surface area contributed by atoms with E-state index in [4.69, 9.17) is 9.47 Å². The van der Waals surface area contributed by atoms with Gasteiger partial charge in [0.05, 0.1) is 6.54 Å². The molecule has 8 heteroatoms. The summed E-state index contributed by atoms with van der Waals surface area (Å²) < 4.78 is 14.8. The Morgan fingerprint density at radius 2 is 1.68 bits per heavy atom. The summed E-state index contributed by atoms with van der Waals surface area (Å²) in [6.07, 6.45) is 0.783. The van der Waals surface area contributed by atoms with Crippen molar-refractivity contribution in [1.29, 1.82) is 0 Å². The van der Waals surface area contributed by atoms with E-state index in [2.05, 4.69) is 10.1 Å². The van der Waals surface area contributed by atoms with Gasteiger partial charge in [0.2, 0.25) is 0 Å². The van der Waals surface area contributed by atoms with Crippen LogP contribution in [0.25, 0.3) is 0 Å². The number of carbonyl (C=O) groups excluding carboxylic acids is 4. The highest BCUT2D eigenvalue weighted by Crippen LogP contribution is 2.23. The van der Waals surface area contributed by atoms with E-state index >= 15 is 0 Å². The molecule has 25 heavy (non-hydrogen) atoms. The van der Waals surface area contributed by atoms with Crippen molar-refractivity contribution in [2.45, 2.75) is 47.1 Å². The minimum Gasteiger partial charge on any atom is -0.466 e. The van der Waals surface area contributed by atoms with E-state index in [9.17, 15) is 19.2 Å². The lowest BCUT2D eigenvalue weighted by Crippen LogP contribution is -2.37. The number of ketones is 1. The molecule has 1 unspecified atom stereocenters. The monoisotopic (exact) mass is 357 g/mol. The van der Waals surface area contributed by atoms with Crippen LogP contribution >= 0.6 is 0 Å². The first kappa shape index (κ1) is 22.6. The van der Waals surface area contributed by atoms with Crippen molar-refractivity contribution in [3.8, 4) is 0 Å². The molecule has 1 N–H and O–H groups in total. The van der Waals surface area contributed by atoms with Crippen molar-refractivity contribution in [2.24, 2.45) is 5.41 Å². The molecule has 0 heterocycles. The van der Waals surface area contributed by atoms with Gasteiger partial charge in [-0.25, -0.2) is 4.79 Å². The number of esters is 1. The second kappa shape index (κ2) is 9.80. The van der Waals surface area contributed by atoms with Crippen LogP contribution in [0.4, 0.5) is 4.79 Å². The van der Waals surface area contributed by atoms with Gasteiger partial charge in [0.15, 0.2) is 5.78 Å². The van der Waals surface area contributed by atoms with Gasteiger partial charge in [-0.2, -0.15) is 0 Å². The highest BCUT2D eigenvalue weighted by molar-refractivity contribution is 5.94. The van der Waals surface area contributed by atoms with E-state index in [-0.39, 0.29) is 32.0 Å². The highest BCUT2D eigenvalue weighted by Gasteiger charge is 2.34. The van der Waals surface area contributed by atoms with Crippen molar-refractivity contribution in [3.05, 3.63) is 11.6 Å². The minimum absolute atomic E-state index is 0.0562. The van der Waals surface area contributed by atoms with E-state index in [1.807, 2.05) is 0 Å². The molecule has 1 amide bonds. The van der Waals surface area contributed by atoms with Crippen molar-refractivity contribution in [1.82, 2.24) is 5.32 Å². The number of nitrogens with one attached hydrogen (secondary N) is 1. The van der Waals surface area contributed by atoms with Gasteiger partial charge in [-0.05, 0) is 47.1 Å². The standard InChI is InChI=1S/C17H27NO7/c1-12(13(2)20)9-17(6,10-23-11-19)14(21)24-8-7-18-15(22)25-16(3,4)5/h9,11H,7-8,10H2,1-6H3,(H,18,22)/b12-9+. The summed E-state index contributed by atoms with van der Waals surface area (Å²) >= 11 is 0. The Hall–Kier alpha value is -2.38. The first-order chi connectivity index (χ1) is 11.4. The van der Waals surface area contributed by atoms with E-state index in [1.165, 1.54) is 19.9 Å². The van der Waals surface area contributed by atoms with Gasteiger partial charge in [0.1, 0.15) is 24.2 Å². The molecule has 0 aliphatic carbocycles. The Bertz CT molecular complexity index is 534. The molecule has 0 bridgehead atoms. The van der Waals surface area contributed by atoms with Crippen molar-refractivity contribution in [2.75, 3.05) is 19.8 Å². The summed E-state index contributed by atoms with van der Waals surface area (Å²) in [5.74, 6) is -0.891. The molecule has 0 aliphatic rings. The number of allylic oxidation sites excluding steroid dienone is 1. The summed E-state index contributed by atoms with van der Waals surface area (Å²) in [4.78, 5) is 45.6. The van der Waals surface area contributed by atoms with Crippen molar-refractivity contribution >= 4 is 24.3 Å². The Kier molecular flexibility index (Phi) is 8.87. The SMILES string of the molecule is CC(=O)/C(C)=C/C(C)(COC=O)C(=O)OCCNC(=O)OC(C)(C)C. The average molecular weight is 357 g/mol. The van der Waals surface area contributed by atoms with Gasteiger partial charge in [0, 0.05) is 0 Å². The molecule has 8 nitrogen and oxygen atoms in total. The molecule has 0 spiro atoms. The number of amides is 1. The Balaban J connectivity index is 4.68. The largest absolute Gasteiger partial charge is 0.466 e. The van der Waals surface area contributed by atoms with Gasteiger partial charge in [-0.3, -0.25) is 14.4 Å². The van der Waals surface area contributed by atoms with E-state index in [1.54, 1.807) is 27.7 Å². The maximum Gasteiger partial charge on any atom is 0.407 e. The zero-order chi connectivity index (χ0) is 19.7. The van der Waals surface area contributed by atoms with Gasteiger partial charge >= 0.3 is 12.1 Å². The maximum absolute atomic E-state index is 12.3. The molecule has 142 valence electrons. The summed E-state index contributed by atoms with van der Waals surface area (Å²) in [6, 6.07) is 0. The lowest BCUT2D eigenvalue weighted by molar-refractivity contribution is -0.156. The Morgan fingerprint density at radius 1 is 1.08 bits per heavy atom. The fourth-order valence-corrected chi connectivity index (χ4v) is 1.72. The van der Waals surface area contributed by atoms with Crippen LogP contribution in [0.5, 0.6) is 0 Å². The summed E-state index contributed by atoms with van der Waals surface area (Å²) in [7, 11) is 0. The van der Waals surface area contributed by atoms with Gasteiger partial charge in [-0.15, -0.1) is 0 Å². The number of carbonyl (C=O) groups is 4. The lowest BCUT2D eigenvalue weighted by Gasteiger charge is -2.23. The number of hydrogen-bond acceptors (Lipinski definition) is 7. The third-order valence-corrected chi connectivity index (χ3v) is 3.01. The van der Waals surface area contributed by atoms with Crippen LogP contribution in [-0.4, -0.2) is 49.7 Å². The van der Waals surface area contributed by atoms with Gasteiger partial charge in [-0.1, -0.05) is 6.08 Å². The van der Waals surface area contributed by atoms with Crippen LogP contribution in [0.2, 0.25) is 0 Å². The lowest BCUT2D eigenvalue weighted by atomic mass is 9.88. The van der Waals surface area contributed by atoms with Crippen LogP contribution in [0.15, 0.2) is 11.6 Å². The van der Waals surface area contributed by atoms with Crippen LogP contribution in [0.3, 0.4) is 0 Å². The number of ether oxygens (including phenoxy) is 3. The minimum atomic E-state index is -1.30. The molecular formula is C17H27NO7. The Morgan fingerprint density at radius 3 is 2.16 bits per heavy atom. The molecule has 0 aromatic heterocycles. The predicted octanol–water partition coefficient (Wildman–Crippen LogP) is 1.77. The third kappa shape index (κ3) is 9.49. The number of hydrogen-bond donors (Lipinski definition) is 1. The second-order valence-corrected chi connectivity index (χ2v) is 6.77. The van der Waals surface area contributed by atoms with Crippen LogP contribution in [0, 0.1) is 5.41 Å². The molecule has 0 rings (SSSR count). The van der Waals surface area contributed by atoms with Gasteiger partial charge in [0.25, 0.3) is 6.47 Å². The zero-order valence-corrected chi connectivity index (χ0v) is 15.6. The molecule has 0 aromatic carbocycles. The first-order valence-corrected chi connectivity index (χ1v) is 7.81. The maximum atomic E-state index is 12.3. The van der Waals surface area contributed by atoms with Crippen LogP contribution in [0.1, 0.15) is 41.5 Å². The van der Waals surface area contributed by atoms with Crippen LogP contribution in [-0.2, 0) is 28.6 Å². The van der Waals surface area contributed by atoms with Crippen molar-refractivity contribution < 1.29 is 33.4 Å². The highest BCUT2D eigenvalue weighted by atomic mass is 16.6. The fourth-order valence-electron chi connectivity index (χ4n) is 1.72. The van der Waals surface area contributed by atoms with E-state index < -0.39 is 23.1 Å². The first-order valence-electron chi connectivity index (χ1n) is 7.81. The molecule has 0 radical (unpaired) electrons.